The van der Waals surface area contributed by atoms with Crippen LogP contribution in [-0.4, -0.2) is 83.9 Å². The molecule has 3 aliphatic rings. The Labute approximate surface area is 273 Å². The number of ether oxygens (including phenoxy) is 2. The van der Waals surface area contributed by atoms with Crippen LogP contribution >= 0.6 is 0 Å². The Morgan fingerprint density at radius 1 is 1.04 bits per heavy atom. The average molecular weight is 647 g/mol. The molecular weight excluding hydrogens is 592 g/mol. The number of carbonyl (C=O) groups is 6. The van der Waals surface area contributed by atoms with Crippen LogP contribution in [0.3, 0.4) is 0 Å². The number of likely N-dealkylation sites (tertiary alicyclic amines) is 1. The number of piperidine rings is 1. The Hall–Kier alpha value is -3.44. The molecule has 0 spiro atoms. The third-order valence-corrected chi connectivity index (χ3v) is 9.48. The quantitative estimate of drug-likeness (QED) is 0.106. The minimum atomic E-state index is -1.12. The number of amides is 4. The molecule has 1 saturated heterocycles. The fourth-order valence-electron chi connectivity index (χ4n) is 7.00. The Morgan fingerprint density at radius 3 is 2.33 bits per heavy atom. The summed E-state index contributed by atoms with van der Waals surface area (Å²) in [4.78, 5) is 80.3. The molecule has 0 aromatic carbocycles. The monoisotopic (exact) mass is 646 g/mol. The number of carbonyl (C=O) groups excluding carboxylic acids is 6. The van der Waals surface area contributed by atoms with Crippen LogP contribution in [0.4, 0.5) is 4.79 Å². The first-order valence-electron chi connectivity index (χ1n) is 16.8. The molecule has 1 aliphatic heterocycles. The zero-order chi connectivity index (χ0) is 34.2. The van der Waals surface area contributed by atoms with Gasteiger partial charge in [-0.05, 0) is 83.0 Å². The van der Waals surface area contributed by atoms with Gasteiger partial charge in [0.1, 0.15) is 17.7 Å². The molecule has 258 valence electrons. The van der Waals surface area contributed by atoms with E-state index < -0.39 is 47.4 Å². The van der Waals surface area contributed by atoms with E-state index in [0.717, 1.165) is 32.1 Å². The lowest BCUT2D eigenvalue weighted by Gasteiger charge is -2.37. The fourth-order valence-corrected chi connectivity index (χ4v) is 7.00. The Balaban J connectivity index is 1.76. The molecule has 0 aromatic rings. The molecule has 2 saturated carbocycles. The maximum Gasteiger partial charge on any atom is 0.408 e. The number of hydrogen-bond acceptors (Lipinski definition) is 8. The Bertz CT molecular complexity index is 1160. The normalized spacial score (nSPS) is 23.3. The van der Waals surface area contributed by atoms with Gasteiger partial charge in [0.05, 0.1) is 12.6 Å². The molecule has 1 heterocycles. The van der Waals surface area contributed by atoms with Gasteiger partial charge in [0.15, 0.2) is 0 Å². The van der Waals surface area contributed by atoms with Gasteiger partial charge in [-0.2, -0.15) is 0 Å². The van der Waals surface area contributed by atoms with E-state index in [2.05, 4.69) is 36.4 Å². The molecule has 5 atom stereocenters. The van der Waals surface area contributed by atoms with E-state index >= 15 is 0 Å². The molecule has 0 bridgehead atoms. The first kappa shape index (κ1) is 37.0. The molecular formula is C34H54N4O8. The van der Waals surface area contributed by atoms with E-state index in [1.165, 1.54) is 0 Å². The lowest BCUT2D eigenvalue weighted by Crippen LogP contribution is -2.59. The van der Waals surface area contributed by atoms with Crippen molar-refractivity contribution in [2.75, 3.05) is 19.7 Å². The highest BCUT2D eigenvalue weighted by Crippen LogP contribution is 2.65. The largest absolute Gasteiger partial charge is 0.466 e. The highest BCUT2D eigenvalue weighted by atomic mass is 16.6. The summed E-state index contributed by atoms with van der Waals surface area (Å²) in [7, 11) is 0. The van der Waals surface area contributed by atoms with Crippen molar-refractivity contribution < 1.29 is 38.2 Å². The minimum absolute atomic E-state index is 0.0862. The van der Waals surface area contributed by atoms with Gasteiger partial charge in [0.25, 0.3) is 5.91 Å². The molecule has 4 amide bonds. The molecule has 0 radical (unpaired) electrons. The van der Waals surface area contributed by atoms with Crippen molar-refractivity contribution >= 4 is 35.6 Å². The van der Waals surface area contributed by atoms with Gasteiger partial charge in [-0.3, -0.25) is 24.0 Å². The number of nitrogens with one attached hydrogen (secondary N) is 3. The third kappa shape index (κ3) is 9.54. The van der Waals surface area contributed by atoms with E-state index in [4.69, 9.17) is 9.47 Å². The number of nitrogens with zero attached hydrogens (tertiary/aromatic N) is 1. The van der Waals surface area contributed by atoms with Crippen LogP contribution in [0.5, 0.6) is 0 Å². The predicted molar refractivity (Wildman–Crippen MR) is 171 cm³/mol. The maximum absolute atomic E-state index is 14.3. The van der Waals surface area contributed by atoms with Crippen molar-refractivity contribution in [3.63, 3.8) is 0 Å². The molecule has 2 unspecified atom stereocenters. The molecule has 3 rings (SSSR count). The maximum atomic E-state index is 14.3. The lowest BCUT2D eigenvalue weighted by atomic mass is 9.83. The Morgan fingerprint density at radius 2 is 1.72 bits per heavy atom. The highest BCUT2D eigenvalue weighted by molar-refractivity contribution is 6.38. The molecule has 2 aliphatic carbocycles. The standard InChI is InChI=1S/C34H54N4O8/c1-8-10-17-23(28(40)30(42)35-19-14-18-24(39)45-9-2)36-29(41)27-25-22(34(25,6)7)20-38(27)31(43)26(21-15-12-11-13-16-21)37-32(44)46-33(3,4)5/h8,21-23,25-27H,1,9-20H2,2-7H3,(H,35,42)(H,36,41)(H,37,44)/t22?,23?,25-,26-,27-/m0/s1. The van der Waals surface area contributed by atoms with Gasteiger partial charge in [-0.15, -0.1) is 6.58 Å². The van der Waals surface area contributed by atoms with Crippen molar-refractivity contribution in [3.8, 4) is 0 Å². The molecule has 0 aromatic heterocycles. The van der Waals surface area contributed by atoms with Crippen LogP contribution in [-0.2, 0) is 33.4 Å². The van der Waals surface area contributed by atoms with Crippen molar-refractivity contribution in [1.29, 1.82) is 0 Å². The fraction of sp³-hybridized carbons (Fsp3) is 0.765. The van der Waals surface area contributed by atoms with Crippen LogP contribution in [0.1, 0.15) is 99.3 Å². The SMILES string of the molecule is C=CCCC(NC(=O)[C@@H]1[C@@H]2C(CN1C(=O)[C@@H](NC(=O)OC(C)(C)C)C1CCCCC1)C2(C)C)C(=O)C(=O)NCCCC(=O)OCC. The van der Waals surface area contributed by atoms with Crippen LogP contribution in [0.2, 0.25) is 0 Å². The summed E-state index contributed by atoms with van der Waals surface area (Å²) in [5.74, 6) is -3.00. The molecule has 12 heteroatoms. The van der Waals surface area contributed by atoms with E-state index in [0.29, 0.717) is 19.4 Å². The summed E-state index contributed by atoms with van der Waals surface area (Å²) >= 11 is 0. The van der Waals surface area contributed by atoms with Crippen LogP contribution in [0.15, 0.2) is 12.7 Å². The highest BCUT2D eigenvalue weighted by Gasteiger charge is 2.69. The number of fused-ring (bicyclic) bond motifs is 1. The lowest BCUT2D eigenvalue weighted by molar-refractivity contribution is -0.145. The van der Waals surface area contributed by atoms with Gasteiger partial charge in [0.2, 0.25) is 17.6 Å². The number of esters is 1. The van der Waals surface area contributed by atoms with Crippen molar-refractivity contribution in [3.05, 3.63) is 12.7 Å². The van der Waals surface area contributed by atoms with E-state index in [9.17, 15) is 28.8 Å². The van der Waals surface area contributed by atoms with E-state index in [-0.39, 0.29) is 61.0 Å². The van der Waals surface area contributed by atoms with Crippen LogP contribution < -0.4 is 16.0 Å². The first-order valence-corrected chi connectivity index (χ1v) is 16.8. The van der Waals surface area contributed by atoms with Gasteiger partial charge >= 0.3 is 12.1 Å². The second kappa shape index (κ2) is 15.9. The second-order valence-corrected chi connectivity index (χ2v) is 14.4. The van der Waals surface area contributed by atoms with Crippen molar-refractivity contribution in [1.82, 2.24) is 20.9 Å². The number of Topliss-reactive ketones (excluding diaryl/α,β-unsaturated/α-hetero) is 1. The van der Waals surface area contributed by atoms with E-state index in [1.54, 1.807) is 38.7 Å². The third-order valence-electron chi connectivity index (χ3n) is 9.48. The summed E-state index contributed by atoms with van der Waals surface area (Å²) < 4.78 is 10.4. The molecule has 3 fully saturated rings. The smallest absolute Gasteiger partial charge is 0.408 e. The number of ketones is 1. The van der Waals surface area contributed by atoms with Gasteiger partial charge in [0, 0.05) is 19.5 Å². The molecule has 46 heavy (non-hydrogen) atoms. The average Bonchev–Trinajstić information content (AvgIpc) is 3.30. The summed E-state index contributed by atoms with van der Waals surface area (Å²) in [6.07, 6.45) is 6.40. The van der Waals surface area contributed by atoms with Crippen LogP contribution in [0.25, 0.3) is 0 Å². The molecule has 3 N–H and O–H groups in total. The van der Waals surface area contributed by atoms with Crippen molar-refractivity contribution in [2.45, 2.75) is 123 Å². The molecule has 12 nitrogen and oxygen atoms in total. The van der Waals surface area contributed by atoms with Crippen LogP contribution in [0, 0.1) is 23.2 Å². The topological polar surface area (TPSA) is 160 Å². The summed E-state index contributed by atoms with van der Waals surface area (Å²) in [5.41, 5.74) is -0.930. The number of allylic oxidation sites excluding steroid dienone is 1. The second-order valence-electron chi connectivity index (χ2n) is 14.4. The Kier molecular flexibility index (Phi) is 12.8. The van der Waals surface area contributed by atoms with Gasteiger partial charge in [-0.25, -0.2) is 4.79 Å². The van der Waals surface area contributed by atoms with Gasteiger partial charge < -0.3 is 30.3 Å². The number of rotatable bonds is 15. The zero-order valence-electron chi connectivity index (χ0n) is 28.4. The summed E-state index contributed by atoms with van der Waals surface area (Å²) in [6, 6.07) is -2.82. The summed E-state index contributed by atoms with van der Waals surface area (Å²) in [5, 5.41) is 8.16. The minimum Gasteiger partial charge on any atom is -0.466 e. The number of hydrogen-bond donors (Lipinski definition) is 3. The zero-order valence-corrected chi connectivity index (χ0v) is 28.4. The van der Waals surface area contributed by atoms with Gasteiger partial charge in [-0.1, -0.05) is 39.2 Å². The number of alkyl carbamates (subject to hydrolysis) is 1. The first-order chi connectivity index (χ1) is 21.6. The predicted octanol–water partition coefficient (Wildman–Crippen LogP) is 3.42. The van der Waals surface area contributed by atoms with Crippen molar-refractivity contribution in [2.24, 2.45) is 23.2 Å². The summed E-state index contributed by atoms with van der Waals surface area (Å²) in [6.45, 7) is 15.5. The van der Waals surface area contributed by atoms with E-state index in [1.807, 2.05) is 0 Å².